The Labute approximate surface area is 137 Å². The minimum atomic E-state index is -0.437. The van der Waals surface area contributed by atoms with E-state index in [9.17, 15) is 9.18 Å². The maximum atomic E-state index is 13.5. The Morgan fingerprint density at radius 3 is 2.70 bits per heavy atom. The van der Waals surface area contributed by atoms with Crippen molar-refractivity contribution in [3.05, 3.63) is 63.8 Å². The van der Waals surface area contributed by atoms with Crippen LogP contribution >= 0.6 is 11.6 Å². The standard InChI is InChI=1S/C17H15ClFN3O/c1-9-6-10(2)15(13(18)7-9)21-17(23)16-11(3)20-14-5-4-12(19)8-22(14)16/h4-8H,1-3H3,(H,21,23). The molecule has 0 aliphatic heterocycles. The number of hydrogen-bond acceptors (Lipinski definition) is 2. The van der Waals surface area contributed by atoms with Crippen LogP contribution < -0.4 is 5.32 Å². The van der Waals surface area contributed by atoms with E-state index >= 15 is 0 Å². The molecule has 2 heterocycles. The Morgan fingerprint density at radius 1 is 1.26 bits per heavy atom. The van der Waals surface area contributed by atoms with Crippen LogP contribution in [0.15, 0.2) is 30.5 Å². The Kier molecular flexibility index (Phi) is 3.82. The van der Waals surface area contributed by atoms with Gasteiger partial charge in [-0.2, -0.15) is 0 Å². The number of rotatable bonds is 2. The van der Waals surface area contributed by atoms with Gasteiger partial charge < -0.3 is 5.32 Å². The van der Waals surface area contributed by atoms with Crippen molar-refractivity contribution >= 4 is 28.8 Å². The summed E-state index contributed by atoms with van der Waals surface area (Å²) < 4.78 is 14.9. The van der Waals surface area contributed by atoms with Crippen LogP contribution in [0.4, 0.5) is 10.1 Å². The number of halogens is 2. The van der Waals surface area contributed by atoms with Gasteiger partial charge in [-0.05, 0) is 50.1 Å². The number of nitrogens with zero attached hydrogens (tertiary/aromatic N) is 2. The predicted octanol–water partition coefficient (Wildman–Crippen LogP) is 4.30. The van der Waals surface area contributed by atoms with Crippen LogP contribution in [0.3, 0.4) is 0 Å². The molecule has 2 aromatic heterocycles. The van der Waals surface area contributed by atoms with E-state index < -0.39 is 5.82 Å². The molecular formula is C17H15ClFN3O. The second-order valence-corrected chi connectivity index (χ2v) is 5.92. The van der Waals surface area contributed by atoms with Crippen molar-refractivity contribution < 1.29 is 9.18 Å². The van der Waals surface area contributed by atoms with Crippen molar-refractivity contribution in [2.24, 2.45) is 0 Å². The lowest BCUT2D eigenvalue weighted by Crippen LogP contribution is -2.16. The van der Waals surface area contributed by atoms with Crippen LogP contribution in [0.1, 0.15) is 27.3 Å². The van der Waals surface area contributed by atoms with Gasteiger partial charge in [0, 0.05) is 6.20 Å². The van der Waals surface area contributed by atoms with Crippen molar-refractivity contribution in [1.82, 2.24) is 9.38 Å². The van der Waals surface area contributed by atoms with E-state index in [1.807, 2.05) is 19.9 Å². The average molecular weight is 332 g/mol. The number of benzene rings is 1. The van der Waals surface area contributed by atoms with Crippen LogP contribution in [-0.4, -0.2) is 15.3 Å². The van der Waals surface area contributed by atoms with Gasteiger partial charge in [-0.3, -0.25) is 9.20 Å². The van der Waals surface area contributed by atoms with Crippen LogP contribution in [0.25, 0.3) is 5.65 Å². The molecule has 4 nitrogen and oxygen atoms in total. The number of anilines is 1. The first kappa shape index (κ1) is 15.5. The normalized spacial score (nSPS) is 11.0. The summed E-state index contributed by atoms with van der Waals surface area (Å²) in [6.45, 7) is 5.51. The highest BCUT2D eigenvalue weighted by molar-refractivity contribution is 6.34. The molecule has 1 amide bonds. The first-order valence-corrected chi connectivity index (χ1v) is 7.47. The minimum Gasteiger partial charge on any atom is -0.319 e. The molecule has 0 bridgehead atoms. The van der Waals surface area contributed by atoms with Gasteiger partial charge in [-0.1, -0.05) is 17.7 Å². The number of imidazole rings is 1. The van der Waals surface area contributed by atoms with Gasteiger partial charge in [0.15, 0.2) is 0 Å². The second kappa shape index (κ2) is 5.66. The molecule has 0 aliphatic rings. The summed E-state index contributed by atoms with van der Waals surface area (Å²) in [5.74, 6) is -0.817. The van der Waals surface area contributed by atoms with Gasteiger partial charge in [0.25, 0.3) is 5.91 Å². The maximum absolute atomic E-state index is 13.5. The Morgan fingerprint density at radius 2 is 2.00 bits per heavy atom. The van der Waals surface area contributed by atoms with Gasteiger partial charge in [0.05, 0.1) is 16.4 Å². The molecule has 0 saturated heterocycles. The average Bonchev–Trinajstić information content (AvgIpc) is 2.77. The molecule has 1 aromatic carbocycles. The highest BCUT2D eigenvalue weighted by Gasteiger charge is 2.19. The molecule has 0 fully saturated rings. The molecule has 6 heteroatoms. The number of carbonyl (C=O) groups is 1. The van der Waals surface area contributed by atoms with E-state index in [1.165, 1.54) is 22.7 Å². The SMILES string of the molecule is Cc1cc(C)c(NC(=O)c2c(C)nc3ccc(F)cn23)c(Cl)c1. The third-order valence-corrected chi connectivity index (χ3v) is 3.94. The van der Waals surface area contributed by atoms with E-state index in [0.717, 1.165) is 11.1 Å². The van der Waals surface area contributed by atoms with Gasteiger partial charge in [-0.15, -0.1) is 0 Å². The topological polar surface area (TPSA) is 46.4 Å². The molecule has 23 heavy (non-hydrogen) atoms. The van der Waals surface area contributed by atoms with Crippen LogP contribution in [0.2, 0.25) is 5.02 Å². The van der Waals surface area contributed by atoms with Crippen molar-refractivity contribution in [3.8, 4) is 0 Å². The highest BCUT2D eigenvalue weighted by Crippen LogP contribution is 2.28. The summed E-state index contributed by atoms with van der Waals surface area (Å²) in [5, 5.41) is 3.27. The van der Waals surface area contributed by atoms with E-state index in [-0.39, 0.29) is 11.6 Å². The molecule has 0 spiro atoms. The zero-order chi connectivity index (χ0) is 16.7. The number of hydrogen-bond donors (Lipinski definition) is 1. The molecule has 3 rings (SSSR count). The number of fused-ring (bicyclic) bond motifs is 1. The van der Waals surface area contributed by atoms with E-state index in [0.29, 0.717) is 22.1 Å². The zero-order valence-electron chi connectivity index (χ0n) is 12.9. The Hall–Kier alpha value is -2.40. The van der Waals surface area contributed by atoms with Gasteiger partial charge in [0.1, 0.15) is 17.2 Å². The van der Waals surface area contributed by atoms with E-state index in [1.54, 1.807) is 13.0 Å². The Bertz CT molecular complexity index is 910. The third kappa shape index (κ3) is 2.80. The molecule has 0 radical (unpaired) electrons. The fourth-order valence-electron chi connectivity index (χ4n) is 2.66. The van der Waals surface area contributed by atoms with Crippen LogP contribution in [0.5, 0.6) is 0 Å². The van der Waals surface area contributed by atoms with Crippen molar-refractivity contribution in [3.63, 3.8) is 0 Å². The highest BCUT2D eigenvalue weighted by atomic mass is 35.5. The summed E-state index contributed by atoms with van der Waals surface area (Å²) >= 11 is 6.23. The number of aromatic nitrogens is 2. The number of amides is 1. The quantitative estimate of drug-likeness (QED) is 0.760. The van der Waals surface area contributed by atoms with E-state index in [2.05, 4.69) is 10.3 Å². The largest absolute Gasteiger partial charge is 0.319 e. The smallest absolute Gasteiger partial charge is 0.274 e. The summed E-state index contributed by atoms with van der Waals surface area (Å²) in [7, 11) is 0. The second-order valence-electron chi connectivity index (χ2n) is 5.51. The third-order valence-electron chi connectivity index (χ3n) is 3.64. The molecule has 1 N–H and O–H groups in total. The predicted molar refractivity (Wildman–Crippen MR) is 88.8 cm³/mol. The molecule has 3 aromatic rings. The first-order valence-electron chi connectivity index (χ1n) is 7.09. The fraction of sp³-hybridized carbons (Fsp3) is 0.176. The summed E-state index contributed by atoms with van der Waals surface area (Å²) in [5.41, 5.74) is 3.75. The van der Waals surface area contributed by atoms with Gasteiger partial charge >= 0.3 is 0 Å². The minimum absolute atomic E-state index is 0.288. The number of nitrogens with one attached hydrogen (secondary N) is 1. The number of pyridine rings is 1. The molecule has 0 aliphatic carbocycles. The number of carbonyl (C=O) groups excluding carboxylic acids is 1. The molecular weight excluding hydrogens is 317 g/mol. The first-order chi connectivity index (χ1) is 10.9. The maximum Gasteiger partial charge on any atom is 0.274 e. The van der Waals surface area contributed by atoms with Crippen molar-refractivity contribution in [2.45, 2.75) is 20.8 Å². The van der Waals surface area contributed by atoms with Gasteiger partial charge in [0.2, 0.25) is 0 Å². The van der Waals surface area contributed by atoms with Gasteiger partial charge in [-0.25, -0.2) is 9.37 Å². The number of aryl methyl sites for hydroxylation is 3. The molecule has 0 atom stereocenters. The lowest BCUT2D eigenvalue weighted by molar-refractivity contribution is 0.102. The summed E-state index contributed by atoms with van der Waals surface area (Å²) in [6, 6.07) is 6.56. The van der Waals surface area contributed by atoms with Crippen LogP contribution in [-0.2, 0) is 0 Å². The monoisotopic (exact) mass is 331 g/mol. The van der Waals surface area contributed by atoms with Crippen LogP contribution in [0, 0.1) is 26.6 Å². The molecule has 118 valence electrons. The fourth-order valence-corrected chi connectivity index (χ4v) is 3.03. The van der Waals surface area contributed by atoms with Crippen molar-refractivity contribution in [2.75, 3.05) is 5.32 Å². The molecule has 0 saturated carbocycles. The summed E-state index contributed by atoms with van der Waals surface area (Å²) in [4.78, 5) is 16.9. The van der Waals surface area contributed by atoms with Crippen molar-refractivity contribution in [1.29, 1.82) is 0 Å². The lowest BCUT2D eigenvalue weighted by atomic mass is 10.1. The van der Waals surface area contributed by atoms with E-state index in [4.69, 9.17) is 11.6 Å². The summed E-state index contributed by atoms with van der Waals surface area (Å²) in [6.07, 6.45) is 1.24. The lowest BCUT2D eigenvalue weighted by Gasteiger charge is -2.12. The molecule has 0 unspecified atom stereocenters. The Balaban J connectivity index is 2.05. The zero-order valence-corrected chi connectivity index (χ0v) is 13.7.